The number of rotatable bonds is 9. The molecular formula is C30H25F7N6O5. The summed E-state index contributed by atoms with van der Waals surface area (Å²) in [5.74, 6) is -6.21. The summed E-state index contributed by atoms with van der Waals surface area (Å²) >= 11 is 0. The van der Waals surface area contributed by atoms with Crippen molar-refractivity contribution in [2.45, 2.75) is 31.7 Å². The van der Waals surface area contributed by atoms with E-state index in [1.807, 2.05) is 0 Å². The van der Waals surface area contributed by atoms with Gasteiger partial charge in [0.1, 0.15) is 51.9 Å². The lowest BCUT2D eigenvalue weighted by Crippen LogP contribution is -2.41. The first-order valence-electron chi connectivity index (χ1n) is 14.0. The van der Waals surface area contributed by atoms with Gasteiger partial charge in [0.2, 0.25) is 5.91 Å². The molecule has 2 aromatic carbocycles. The van der Waals surface area contributed by atoms with Crippen molar-refractivity contribution in [3.63, 3.8) is 0 Å². The zero-order chi connectivity index (χ0) is 35.1. The van der Waals surface area contributed by atoms with Gasteiger partial charge in [0.15, 0.2) is 5.82 Å². The number of nitrogens with one attached hydrogen (secondary N) is 1. The van der Waals surface area contributed by atoms with Crippen LogP contribution in [-0.2, 0) is 18.0 Å². The molecule has 3 N–H and O–H groups in total. The van der Waals surface area contributed by atoms with E-state index in [1.54, 1.807) is 0 Å². The summed E-state index contributed by atoms with van der Waals surface area (Å²) in [5.41, 5.74) is -0.0364. The summed E-state index contributed by atoms with van der Waals surface area (Å²) in [6, 6.07) is 6.33. The third kappa shape index (κ3) is 6.37. The Morgan fingerprint density at radius 1 is 1.04 bits per heavy atom. The normalized spacial score (nSPS) is 14.8. The van der Waals surface area contributed by atoms with E-state index in [2.05, 4.69) is 15.0 Å². The molecule has 0 bridgehead atoms. The highest BCUT2D eigenvalue weighted by atomic mass is 19.4. The first-order valence-corrected chi connectivity index (χ1v) is 14.0. The number of alkyl halides is 5. The second-order valence-electron chi connectivity index (χ2n) is 10.5. The lowest BCUT2D eigenvalue weighted by molar-refractivity contribution is -0.137. The molecule has 1 aliphatic rings. The van der Waals surface area contributed by atoms with Crippen molar-refractivity contribution in [3.05, 3.63) is 81.6 Å². The summed E-state index contributed by atoms with van der Waals surface area (Å²) < 4.78 is 109. The Kier molecular flexibility index (Phi) is 9.10. The Morgan fingerprint density at radius 3 is 2.25 bits per heavy atom. The van der Waals surface area contributed by atoms with Crippen LogP contribution in [0.5, 0.6) is 11.5 Å². The van der Waals surface area contributed by atoms with Crippen LogP contribution in [0.2, 0.25) is 0 Å². The molecule has 11 nitrogen and oxygen atoms in total. The van der Waals surface area contributed by atoms with Crippen LogP contribution in [-0.4, -0.2) is 52.5 Å². The smallest absolute Gasteiger partial charge is 0.420 e. The number of hydrogen-bond acceptors (Lipinski definition) is 7. The standard InChI is InChI=1S/C30H25F7N6O5/c1-41-24(22-18(31)12-16(47-2)13-19(22)32)23(40-27(45)14-5-7-15(8-6-14)48-29(33)34)28(46)43(41)26-17(30(35,36)37)9-10-21(39-26)42-11-3-4-20(42)25(38)44/h5-10,12-13,20,29H,3-4,11H2,1-2H3,(H2,38,44)(H,40,45)/t20-/m0/s1. The summed E-state index contributed by atoms with van der Waals surface area (Å²) in [6.07, 6.45) is -4.36. The molecule has 2 amide bonds. The molecule has 0 radical (unpaired) electrons. The maximum atomic E-state index is 15.5. The van der Waals surface area contributed by atoms with Crippen LogP contribution in [0.25, 0.3) is 17.1 Å². The first kappa shape index (κ1) is 33.8. The van der Waals surface area contributed by atoms with Crippen molar-refractivity contribution in [1.82, 2.24) is 14.3 Å². The molecule has 0 unspecified atom stereocenters. The Hall–Kier alpha value is -5.55. The quantitative estimate of drug-likeness (QED) is 0.241. The van der Waals surface area contributed by atoms with Gasteiger partial charge in [-0.3, -0.25) is 19.1 Å². The van der Waals surface area contributed by atoms with E-state index in [9.17, 15) is 36.3 Å². The number of nitrogens with two attached hydrogens (primary N) is 1. The number of methoxy groups -OCH3 is 1. The number of pyridine rings is 1. The monoisotopic (exact) mass is 682 g/mol. The van der Waals surface area contributed by atoms with Crippen LogP contribution in [0.4, 0.5) is 42.2 Å². The van der Waals surface area contributed by atoms with E-state index >= 15 is 8.78 Å². The molecule has 1 saturated heterocycles. The van der Waals surface area contributed by atoms with Gasteiger partial charge in [0, 0.05) is 31.3 Å². The second-order valence-corrected chi connectivity index (χ2v) is 10.5. The number of carbonyl (C=O) groups is 2. The van der Waals surface area contributed by atoms with E-state index in [0.717, 1.165) is 56.6 Å². The van der Waals surface area contributed by atoms with Gasteiger partial charge in [-0.1, -0.05) is 0 Å². The number of anilines is 2. The summed E-state index contributed by atoms with van der Waals surface area (Å²) in [5, 5.41) is 2.19. The Balaban J connectivity index is 1.74. The van der Waals surface area contributed by atoms with Crippen LogP contribution in [0, 0.1) is 11.6 Å². The van der Waals surface area contributed by atoms with Crippen molar-refractivity contribution < 1.29 is 49.8 Å². The fourth-order valence-corrected chi connectivity index (χ4v) is 5.43. The number of aromatic nitrogens is 3. The highest BCUT2D eigenvalue weighted by Gasteiger charge is 2.39. The first-order chi connectivity index (χ1) is 22.6. The molecule has 0 aliphatic carbocycles. The molecule has 0 saturated carbocycles. The highest BCUT2D eigenvalue weighted by molar-refractivity contribution is 6.06. The second kappa shape index (κ2) is 12.9. The minimum absolute atomic E-state index is 0.146. The van der Waals surface area contributed by atoms with E-state index in [0.29, 0.717) is 28.3 Å². The summed E-state index contributed by atoms with van der Waals surface area (Å²) in [6.45, 7) is -2.96. The van der Waals surface area contributed by atoms with Crippen LogP contribution < -0.4 is 31.0 Å². The summed E-state index contributed by atoms with van der Waals surface area (Å²) in [7, 11) is 2.15. The molecule has 48 heavy (non-hydrogen) atoms. The number of amides is 2. The lowest BCUT2D eigenvalue weighted by Gasteiger charge is -2.25. The largest absolute Gasteiger partial charge is 0.497 e. The minimum atomic E-state index is -5.11. The fourth-order valence-electron chi connectivity index (χ4n) is 5.43. The van der Waals surface area contributed by atoms with Crippen LogP contribution in [0.3, 0.4) is 0 Å². The number of carbonyl (C=O) groups excluding carboxylic acids is 2. The van der Waals surface area contributed by atoms with Gasteiger partial charge in [-0.05, 0) is 49.2 Å². The van der Waals surface area contributed by atoms with Gasteiger partial charge in [-0.2, -0.15) is 26.6 Å². The molecule has 1 fully saturated rings. The maximum absolute atomic E-state index is 15.5. The van der Waals surface area contributed by atoms with Crippen molar-refractivity contribution in [2.24, 2.45) is 12.8 Å². The van der Waals surface area contributed by atoms with Crippen molar-refractivity contribution in [1.29, 1.82) is 0 Å². The predicted octanol–water partition coefficient (Wildman–Crippen LogP) is 4.85. The van der Waals surface area contributed by atoms with Crippen LogP contribution >= 0.6 is 0 Å². The van der Waals surface area contributed by atoms with Gasteiger partial charge in [-0.25, -0.2) is 13.8 Å². The Morgan fingerprint density at radius 2 is 1.69 bits per heavy atom. The third-order valence-electron chi connectivity index (χ3n) is 7.58. The SMILES string of the molecule is COc1cc(F)c(-c2c(NC(=O)c3ccc(OC(F)F)cc3)c(=O)n(-c3nc(N4CCC[C@H]4C(N)=O)ccc3C(F)(F)F)n2C)c(F)c1. The minimum Gasteiger partial charge on any atom is -0.497 e. The van der Waals surface area contributed by atoms with E-state index < -0.39 is 76.2 Å². The fraction of sp³-hybridized carbons (Fsp3) is 0.267. The van der Waals surface area contributed by atoms with Crippen molar-refractivity contribution in [3.8, 4) is 28.6 Å². The average molecular weight is 683 g/mol. The molecule has 18 heteroatoms. The predicted molar refractivity (Wildman–Crippen MR) is 156 cm³/mol. The summed E-state index contributed by atoms with van der Waals surface area (Å²) in [4.78, 5) is 44.7. The molecule has 0 spiro atoms. The molecule has 1 atom stereocenters. The topological polar surface area (TPSA) is 134 Å². The Labute approximate surface area is 266 Å². The lowest BCUT2D eigenvalue weighted by atomic mass is 10.1. The number of hydrogen-bond donors (Lipinski definition) is 2. The number of ether oxygens (including phenoxy) is 2. The number of primary amides is 1. The Bertz CT molecular complexity index is 1920. The van der Waals surface area contributed by atoms with E-state index in [1.165, 1.54) is 4.90 Å². The molecule has 4 aromatic rings. The van der Waals surface area contributed by atoms with Crippen LogP contribution in [0.15, 0.2) is 53.3 Å². The van der Waals surface area contributed by atoms with E-state index in [-0.39, 0.29) is 29.4 Å². The zero-order valence-corrected chi connectivity index (χ0v) is 24.9. The number of nitrogens with zero attached hydrogens (tertiary/aromatic N) is 4. The molecule has 1 aliphatic heterocycles. The highest BCUT2D eigenvalue weighted by Crippen LogP contribution is 2.38. The van der Waals surface area contributed by atoms with Crippen LogP contribution in [0.1, 0.15) is 28.8 Å². The van der Waals surface area contributed by atoms with Gasteiger partial charge in [-0.15, -0.1) is 0 Å². The molecule has 254 valence electrons. The van der Waals surface area contributed by atoms with Gasteiger partial charge in [0.05, 0.1) is 12.7 Å². The number of halogens is 7. The molecule has 3 heterocycles. The molecule has 2 aromatic heterocycles. The van der Waals surface area contributed by atoms with Crippen molar-refractivity contribution >= 4 is 23.3 Å². The van der Waals surface area contributed by atoms with Gasteiger partial charge in [0.25, 0.3) is 11.5 Å². The maximum Gasteiger partial charge on any atom is 0.420 e. The van der Waals surface area contributed by atoms with Gasteiger partial charge < -0.3 is 25.4 Å². The van der Waals surface area contributed by atoms with E-state index in [4.69, 9.17) is 10.5 Å². The number of benzene rings is 2. The zero-order valence-electron chi connectivity index (χ0n) is 24.9. The molecule has 5 rings (SSSR count). The van der Waals surface area contributed by atoms with Gasteiger partial charge >= 0.3 is 12.8 Å². The third-order valence-corrected chi connectivity index (χ3v) is 7.58. The van der Waals surface area contributed by atoms with Crippen molar-refractivity contribution in [2.75, 3.05) is 23.9 Å². The molecular weight excluding hydrogens is 657 g/mol. The average Bonchev–Trinajstić information content (AvgIpc) is 3.60.